The summed E-state index contributed by atoms with van der Waals surface area (Å²) in [6.07, 6.45) is 7.66. The number of aliphatic hydroxyl groups is 1. The molecule has 1 heterocycles. The van der Waals surface area contributed by atoms with Crippen LogP contribution in [0.2, 0.25) is 0 Å². The molecule has 3 fully saturated rings. The molecule has 30 heavy (non-hydrogen) atoms. The third-order valence-corrected chi connectivity index (χ3v) is 8.63. The topological polar surface area (TPSA) is 61.8 Å². The first-order valence-corrected chi connectivity index (χ1v) is 11.9. The minimum Gasteiger partial charge on any atom is -0.388 e. The molecule has 1 aliphatic heterocycles. The largest absolute Gasteiger partial charge is 0.388 e. The fraction of sp³-hybridized carbons (Fsp3) is 0.720. The molecule has 6 unspecified atom stereocenters. The molecule has 1 aromatic rings. The maximum absolute atomic E-state index is 13.2. The van der Waals surface area contributed by atoms with Crippen LogP contribution in [0.3, 0.4) is 0 Å². The number of hydrogen-bond donors (Lipinski definition) is 2. The summed E-state index contributed by atoms with van der Waals surface area (Å²) in [5.74, 6) is 3.00. The number of amides is 1. The van der Waals surface area contributed by atoms with E-state index in [1.807, 2.05) is 4.90 Å². The van der Waals surface area contributed by atoms with Gasteiger partial charge in [0.1, 0.15) is 0 Å². The van der Waals surface area contributed by atoms with Crippen LogP contribution >= 0.6 is 0 Å². The van der Waals surface area contributed by atoms with Crippen molar-refractivity contribution in [2.45, 2.75) is 56.6 Å². The summed E-state index contributed by atoms with van der Waals surface area (Å²) >= 11 is 0. The highest BCUT2D eigenvalue weighted by Crippen LogP contribution is 2.61. The maximum atomic E-state index is 13.2. The normalized spacial score (nSPS) is 36.7. The average Bonchev–Trinajstić information content (AvgIpc) is 2.99. The Kier molecular flexibility index (Phi) is 5.63. The van der Waals surface area contributed by atoms with Crippen molar-refractivity contribution in [3.05, 3.63) is 35.4 Å². The van der Waals surface area contributed by atoms with E-state index >= 15 is 0 Å². The van der Waals surface area contributed by atoms with Gasteiger partial charge in [0.2, 0.25) is 5.91 Å². The third kappa shape index (κ3) is 3.59. The summed E-state index contributed by atoms with van der Waals surface area (Å²) in [5, 5.41) is 14.8. The lowest BCUT2D eigenvalue weighted by molar-refractivity contribution is -0.134. The SMILES string of the molecule is COCCC1c2ccccc2CCN1C(=O)CNCC1(O)CCC2CC3CC1C3C2. The number of hydrogen-bond acceptors (Lipinski definition) is 4. The van der Waals surface area contributed by atoms with Crippen LogP contribution in [0.5, 0.6) is 0 Å². The van der Waals surface area contributed by atoms with E-state index in [4.69, 9.17) is 4.74 Å². The molecule has 3 saturated carbocycles. The molecule has 5 heteroatoms. The third-order valence-electron chi connectivity index (χ3n) is 8.63. The molecule has 4 aliphatic rings. The van der Waals surface area contributed by atoms with Crippen molar-refractivity contribution >= 4 is 5.91 Å². The highest BCUT2D eigenvalue weighted by atomic mass is 16.5. The molecule has 5 rings (SSSR count). The lowest BCUT2D eigenvalue weighted by Gasteiger charge is -2.50. The van der Waals surface area contributed by atoms with Crippen LogP contribution in [0, 0.1) is 23.7 Å². The van der Waals surface area contributed by atoms with Gasteiger partial charge in [-0.05, 0) is 79.7 Å². The zero-order chi connectivity index (χ0) is 20.7. The van der Waals surface area contributed by atoms with Crippen LogP contribution in [0.25, 0.3) is 0 Å². The first-order valence-electron chi connectivity index (χ1n) is 11.9. The van der Waals surface area contributed by atoms with Crippen LogP contribution in [0.1, 0.15) is 55.7 Å². The van der Waals surface area contributed by atoms with Gasteiger partial charge in [-0.3, -0.25) is 4.79 Å². The van der Waals surface area contributed by atoms with E-state index < -0.39 is 5.60 Å². The lowest BCUT2D eigenvalue weighted by atomic mass is 9.58. The van der Waals surface area contributed by atoms with E-state index in [2.05, 4.69) is 29.6 Å². The van der Waals surface area contributed by atoms with Gasteiger partial charge >= 0.3 is 0 Å². The van der Waals surface area contributed by atoms with Crippen molar-refractivity contribution in [3.63, 3.8) is 0 Å². The van der Waals surface area contributed by atoms with Gasteiger partial charge in [0.25, 0.3) is 0 Å². The Bertz CT molecular complexity index is 783. The Morgan fingerprint density at radius 2 is 2.17 bits per heavy atom. The number of carbonyl (C=O) groups is 1. The Morgan fingerprint density at radius 3 is 3.03 bits per heavy atom. The van der Waals surface area contributed by atoms with Crippen LogP contribution in [-0.4, -0.2) is 54.9 Å². The molecule has 2 N–H and O–H groups in total. The fourth-order valence-electron chi connectivity index (χ4n) is 7.04. The summed E-state index contributed by atoms with van der Waals surface area (Å²) in [7, 11) is 1.72. The minimum absolute atomic E-state index is 0.0771. The van der Waals surface area contributed by atoms with Crippen molar-refractivity contribution < 1.29 is 14.6 Å². The fourth-order valence-corrected chi connectivity index (χ4v) is 7.04. The molecule has 164 valence electrons. The first kappa shape index (κ1) is 20.5. The van der Waals surface area contributed by atoms with Gasteiger partial charge < -0.3 is 20.1 Å². The standard InChI is InChI=1S/C25H36N2O3/c1-30-11-8-23-20-5-3-2-4-18(20)7-10-27(23)24(28)15-26-16-25(29)9-6-17-12-19-14-22(25)21(19)13-17/h2-5,17,19,21-23,26,29H,6-16H2,1H3. The molecule has 6 atom stereocenters. The second-order valence-electron chi connectivity index (χ2n) is 10.2. The number of ether oxygens (including phenoxy) is 1. The van der Waals surface area contributed by atoms with Crippen LogP contribution in [0.15, 0.2) is 24.3 Å². The molecular weight excluding hydrogens is 376 g/mol. The van der Waals surface area contributed by atoms with Gasteiger partial charge in [0.05, 0.1) is 18.2 Å². The van der Waals surface area contributed by atoms with E-state index in [-0.39, 0.29) is 11.9 Å². The number of methoxy groups -OCH3 is 1. The summed E-state index contributed by atoms with van der Waals surface area (Å²) in [5.41, 5.74) is 1.98. The molecule has 2 bridgehead atoms. The van der Waals surface area contributed by atoms with Crippen molar-refractivity contribution in [2.75, 3.05) is 33.4 Å². The Morgan fingerprint density at radius 1 is 1.30 bits per heavy atom. The van der Waals surface area contributed by atoms with E-state index in [1.165, 1.54) is 30.4 Å². The zero-order valence-corrected chi connectivity index (χ0v) is 18.2. The van der Waals surface area contributed by atoms with E-state index in [9.17, 15) is 9.90 Å². The van der Waals surface area contributed by atoms with Crippen molar-refractivity contribution in [1.29, 1.82) is 0 Å². The Labute approximate surface area is 180 Å². The molecule has 1 aromatic carbocycles. The number of benzene rings is 1. The molecule has 0 radical (unpaired) electrons. The van der Waals surface area contributed by atoms with Gasteiger partial charge in [-0.15, -0.1) is 0 Å². The number of nitrogens with zero attached hydrogens (tertiary/aromatic N) is 1. The monoisotopic (exact) mass is 412 g/mol. The van der Waals surface area contributed by atoms with Gasteiger partial charge in [-0.2, -0.15) is 0 Å². The molecule has 1 amide bonds. The Hall–Kier alpha value is -1.43. The summed E-state index contributed by atoms with van der Waals surface area (Å²) < 4.78 is 5.33. The first-order chi connectivity index (χ1) is 14.6. The number of nitrogens with one attached hydrogen (secondary N) is 1. The van der Waals surface area contributed by atoms with Crippen LogP contribution < -0.4 is 5.32 Å². The maximum Gasteiger partial charge on any atom is 0.237 e. The highest BCUT2D eigenvalue weighted by Gasteiger charge is 2.57. The van der Waals surface area contributed by atoms with Crippen molar-refractivity contribution in [1.82, 2.24) is 10.2 Å². The molecule has 5 nitrogen and oxygen atoms in total. The quantitative estimate of drug-likeness (QED) is 0.723. The van der Waals surface area contributed by atoms with E-state index in [0.717, 1.165) is 50.0 Å². The summed E-state index contributed by atoms with van der Waals surface area (Å²) in [4.78, 5) is 15.2. The second-order valence-corrected chi connectivity index (χ2v) is 10.2. The molecule has 0 aromatic heterocycles. The van der Waals surface area contributed by atoms with Crippen LogP contribution in [0.4, 0.5) is 0 Å². The van der Waals surface area contributed by atoms with Gasteiger partial charge in [0, 0.05) is 26.8 Å². The zero-order valence-electron chi connectivity index (χ0n) is 18.2. The minimum atomic E-state index is -0.624. The molecule has 3 aliphatic carbocycles. The smallest absolute Gasteiger partial charge is 0.237 e. The summed E-state index contributed by atoms with van der Waals surface area (Å²) in [6.45, 7) is 2.25. The summed E-state index contributed by atoms with van der Waals surface area (Å²) in [6, 6.07) is 8.55. The molecule has 0 saturated heterocycles. The van der Waals surface area contributed by atoms with Gasteiger partial charge in [0.15, 0.2) is 0 Å². The highest BCUT2D eigenvalue weighted by molar-refractivity contribution is 5.79. The van der Waals surface area contributed by atoms with Crippen molar-refractivity contribution in [3.8, 4) is 0 Å². The van der Waals surface area contributed by atoms with Gasteiger partial charge in [-0.25, -0.2) is 0 Å². The number of fused-ring (bicyclic) bond motifs is 2. The van der Waals surface area contributed by atoms with Crippen LogP contribution in [-0.2, 0) is 16.0 Å². The lowest BCUT2D eigenvalue weighted by Crippen LogP contribution is -2.56. The van der Waals surface area contributed by atoms with Gasteiger partial charge in [-0.1, -0.05) is 24.3 Å². The average molecular weight is 413 g/mol. The predicted octanol–water partition coefficient (Wildman–Crippen LogP) is 2.93. The van der Waals surface area contributed by atoms with Crippen molar-refractivity contribution in [2.24, 2.45) is 23.7 Å². The molecule has 0 spiro atoms. The van der Waals surface area contributed by atoms with E-state index in [1.54, 1.807) is 7.11 Å². The number of carbonyl (C=O) groups excluding carboxylic acids is 1. The molecular formula is C25H36N2O3. The second kappa shape index (κ2) is 8.25. The number of rotatable bonds is 7. The van der Waals surface area contributed by atoms with E-state index in [0.29, 0.717) is 25.6 Å². The Balaban J connectivity index is 1.21. The predicted molar refractivity (Wildman–Crippen MR) is 116 cm³/mol.